The molecule has 9 heteroatoms. The molecule has 0 heterocycles. The Morgan fingerprint density at radius 3 is 1.00 bits per heavy atom. The van der Waals surface area contributed by atoms with Gasteiger partial charge in [0, 0.05) is 57.7 Å². The molecule has 2 unspecified atom stereocenters. The van der Waals surface area contributed by atoms with Gasteiger partial charge in [-0.05, 0) is 182 Å². The minimum atomic E-state index is -2.25. The molecule has 346 valence electrons. The van der Waals surface area contributed by atoms with Gasteiger partial charge in [0.2, 0.25) is 0 Å². The Morgan fingerprint density at radius 1 is 0.435 bits per heavy atom. The number of hydrogen-bond donors (Lipinski definition) is 2. The third-order valence-electron chi connectivity index (χ3n) is 12.8. The van der Waals surface area contributed by atoms with Crippen molar-refractivity contribution in [3.05, 3.63) is 215 Å². The molecule has 8 nitrogen and oxygen atoms in total. The van der Waals surface area contributed by atoms with Gasteiger partial charge >= 0.3 is 25.3 Å². The van der Waals surface area contributed by atoms with Crippen molar-refractivity contribution < 1.29 is 35.5 Å². The van der Waals surface area contributed by atoms with E-state index >= 15 is 0 Å². The molecule has 2 atom stereocenters. The van der Waals surface area contributed by atoms with Crippen LogP contribution in [0.15, 0.2) is 192 Å². The van der Waals surface area contributed by atoms with Crippen LogP contribution in [-0.2, 0) is 25.3 Å². The molecular weight excluding hydrogens is 1020 g/mol. The zero-order valence-electron chi connectivity index (χ0n) is 39.4. The SMILES string of the molecule is Cc1cc(N(c2ccccc2)c2ccccc2)cc(C)c1-c1ccc(C=NC2CCCCC2N=Cc2ccc(-c3c(C)cc(N(c4ccccc4)c4ccccc4)cc3C)cc2O)c(O)c1.[O]=[W]=[O]. The van der Waals surface area contributed by atoms with Crippen LogP contribution in [0, 0.1) is 27.7 Å². The number of hydrogen-bond acceptors (Lipinski definition) is 8. The second kappa shape index (κ2) is 22.6. The first kappa shape index (κ1) is 48.1. The zero-order valence-corrected chi connectivity index (χ0v) is 42.3. The van der Waals surface area contributed by atoms with Crippen molar-refractivity contribution in [1.82, 2.24) is 0 Å². The van der Waals surface area contributed by atoms with Gasteiger partial charge < -0.3 is 20.0 Å². The van der Waals surface area contributed by atoms with E-state index in [0.29, 0.717) is 11.1 Å². The van der Waals surface area contributed by atoms with Gasteiger partial charge in [-0.15, -0.1) is 0 Å². The quantitative estimate of drug-likeness (QED) is 0.118. The van der Waals surface area contributed by atoms with Gasteiger partial charge in [-0.1, -0.05) is 97.8 Å². The Balaban J connectivity index is 0.00000209. The van der Waals surface area contributed by atoms with Crippen molar-refractivity contribution in [2.24, 2.45) is 9.98 Å². The number of aromatic hydroxyl groups is 2. The van der Waals surface area contributed by atoms with Gasteiger partial charge in [0.15, 0.2) is 0 Å². The first-order valence-corrected chi connectivity index (χ1v) is 25.7. The van der Waals surface area contributed by atoms with Crippen molar-refractivity contribution in [3.63, 3.8) is 0 Å². The monoisotopic (exact) mass is 1080 g/mol. The fourth-order valence-electron chi connectivity index (χ4n) is 9.66. The maximum atomic E-state index is 11.4. The fourth-order valence-corrected chi connectivity index (χ4v) is 9.66. The number of rotatable bonds is 12. The Morgan fingerprint density at radius 2 is 0.725 bits per heavy atom. The fraction of sp³-hybridized carbons (Fsp3) is 0.167. The Labute approximate surface area is 414 Å². The van der Waals surface area contributed by atoms with E-state index in [1.165, 1.54) is 0 Å². The van der Waals surface area contributed by atoms with Crippen LogP contribution in [0.1, 0.15) is 59.1 Å². The van der Waals surface area contributed by atoms with Gasteiger partial charge in [-0.25, -0.2) is 0 Å². The molecule has 0 saturated heterocycles. The van der Waals surface area contributed by atoms with Crippen LogP contribution in [0.5, 0.6) is 11.5 Å². The van der Waals surface area contributed by atoms with Crippen LogP contribution >= 0.6 is 0 Å². The molecule has 8 aromatic rings. The van der Waals surface area contributed by atoms with E-state index in [4.69, 9.17) is 16.8 Å². The van der Waals surface area contributed by atoms with Gasteiger partial charge in [0.05, 0.1) is 12.1 Å². The molecule has 69 heavy (non-hydrogen) atoms. The van der Waals surface area contributed by atoms with E-state index in [9.17, 15) is 10.2 Å². The summed E-state index contributed by atoms with van der Waals surface area (Å²) in [5, 5.41) is 22.7. The van der Waals surface area contributed by atoms with Gasteiger partial charge in [0.1, 0.15) is 11.5 Å². The minimum absolute atomic E-state index is 0.0279. The number of nitrogens with zero attached hydrogens (tertiary/aromatic N) is 4. The van der Waals surface area contributed by atoms with Crippen molar-refractivity contribution in [1.29, 1.82) is 0 Å². The molecule has 0 spiro atoms. The van der Waals surface area contributed by atoms with Crippen molar-refractivity contribution >= 4 is 46.6 Å². The summed E-state index contributed by atoms with van der Waals surface area (Å²) in [6.07, 6.45) is 7.59. The van der Waals surface area contributed by atoms with Crippen LogP contribution in [0.4, 0.5) is 34.1 Å². The summed E-state index contributed by atoms with van der Waals surface area (Å²) in [4.78, 5) is 14.6. The van der Waals surface area contributed by atoms with E-state index in [-0.39, 0.29) is 23.6 Å². The summed E-state index contributed by atoms with van der Waals surface area (Å²) >= 11 is -2.25. The standard InChI is InChI=1S/C60H56N4O2.2O.W/c1-41-33-53(63(49-19-9-5-10-20-49)50-21-11-6-12-22-50)34-42(2)59(41)45-29-31-47(57(65)37-45)39-61-55-27-17-18-28-56(55)62-40-48-32-30-46(38-58(48)66)60-43(3)35-54(36-44(60)4)64(51-23-13-7-14-24-51)52-25-15-8-16-26-52;;;/h5-16,19-26,29-40,55-56,65-66H,17-18,27-28H2,1-4H3;;;. The number of aryl methyl sites for hydroxylation is 4. The number of phenolic OH excluding ortho intramolecular Hbond substituents is 2. The first-order chi connectivity index (χ1) is 33.6. The molecule has 0 aromatic heterocycles. The van der Waals surface area contributed by atoms with Crippen LogP contribution in [0.2, 0.25) is 0 Å². The average molecular weight is 1080 g/mol. The molecule has 8 aromatic carbocycles. The number of aliphatic imine (C=N–C) groups is 2. The summed E-state index contributed by atoms with van der Waals surface area (Å²) < 4.78 is 17.1. The van der Waals surface area contributed by atoms with E-state index in [1.807, 2.05) is 48.5 Å². The molecule has 1 fully saturated rings. The molecule has 1 aliphatic rings. The first-order valence-electron chi connectivity index (χ1n) is 23.3. The molecule has 1 aliphatic carbocycles. The van der Waals surface area contributed by atoms with E-state index in [1.54, 1.807) is 12.4 Å². The third kappa shape index (κ3) is 11.3. The van der Waals surface area contributed by atoms with E-state index in [2.05, 4.69) is 171 Å². The second-order valence-electron chi connectivity index (χ2n) is 17.5. The number of benzene rings is 8. The second-order valence-corrected chi connectivity index (χ2v) is 18.0. The summed E-state index contributed by atoms with van der Waals surface area (Å²) in [6, 6.07) is 62.3. The predicted octanol–water partition coefficient (Wildman–Crippen LogP) is 15.2. The Hall–Kier alpha value is -7.41. The van der Waals surface area contributed by atoms with Crippen molar-refractivity contribution in [3.8, 4) is 33.8 Å². The third-order valence-corrected chi connectivity index (χ3v) is 12.8. The van der Waals surface area contributed by atoms with E-state index < -0.39 is 18.5 Å². The number of phenols is 2. The van der Waals surface area contributed by atoms with Crippen molar-refractivity contribution in [2.75, 3.05) is 9.80 Å². The van der Waals surface area contributed by atoms with Crippen molar-refractivity contribution in [2.45, 2.75) is 65.5 Å². The summed E-state index contributed by atoms with van der Waals surface area (Å²) in [5.41, 5.74) is 16.5. The Bertz CT molecular complexity index is 2790. The average Bonchev–Trinajstić information content (AvgIpc) is 3.35. The summed E-state index contributed by atoms with van der Waals surface area (Å²) in [5.74, 6) is 0.389. The van der Waals surface area contributed by atoms with Crippen LogP contribution in [0.3, 0.4) is 0 Å². The number of anilines is 6. The molecule has 0 radical (unpaired) electrons. The summed E-state index contributed by atoms with van der Waals surface area (Å²) in [6.45, 7) is 8.55. The zero-order chi connectivity index (χ0) is 48.3. The maximum absolute atomic E-state index is 11.4. The predicted molar refractivity (Wildman–Crippen MR) is 278 cm³/mol. The summed E-state index contributed by atoms with van der Waals surface area (Å²) in [7, 11) is 0. The van der Waals surface area contributed by atoms with E-state index in [0.717, 1.165) is 104 Å². The molecule has 2 N–H and O–H groups in total. The number of para-hydroxylation sites is 4. The van der Waals surface area contributed by atoms with Gasteiger partial charge in [0.25, 0.3) is 0 Å². The van der Waals surface area contributed by atoms with Crippen LogP contribution in [-0.4, -0.2) is 34.7 Å². The molecule has 0 amide bonds. The Kier molecular flexibility index (Phi) is 15.7. The van der Waals surface area contributed by atoms with Crippen LogP contribution < -0.4 is 9.80 Å². The molecule has 9 rings (SSSR count). The molecule has 0 bridgehead atoms. The normalized spacial score (nSPS) is 14.6. The molecule has 1 saturated carbocycles. The topological polar surface area (TPSA) is 106 Å². The van der Waals surface area contributed by atoms with Crippen LogP contribution in [0.25, 0.3) is 22.3 Å². The molecular formula is C60H56N4O4W. The van der Waals surface area contributed by atoms with Gasteiger partial charge in [-0.2, -0.15) is 0 Å². The molecule has 0 aliphatic heterocycles. The van der Waals surface area contributed by atoms with Gasteiger partial charge in [-0.3, -0.25) is 9.98 Å².